The largest absolute Gasteiger partial charge is 0.347 e. The van der Waals surface area contributed by atoms with E-state index >= 15 is 0 Å². The van der Waals surface area contributed by atoms with Crippen molar-refractivity contribution >= 4 is 46.9 Å². The van der Waals surface area contributed by atoms with Crippen molar-refractivity contribution in [1.82, 2.24) is 14.9 Å². The Balaban J connectivity index is 1.40. The SMILES string of the molecule is [B]C(F)(F)c1ccc(S(=O)(=O)Nc2cccc(Cl)c2C(=N)N2CCN(c3ncc(F)cn3)CC23CC3)cc1. The first kappa shape index (κ1) is 26.3. The minimum Gasteiger partial charge on any atom is -0.347 e. The highest BCUT2D eigenvalue weighted by Gasteiger charge is 2.53. The van der Waals surface area contributed by atoms with Gasteiger partial charge in [0.2, 0.25) is 11.8 Å². The molecule has 0 unspecified atom stereocenters. The van der Waals surface area contributed by atoms with Crippen molar-refractivity contribution in [3.8, 4) is 0 Å². The molecular weight excluding hydrogens is 540 g/mol. The maximum absolute atomic E-state index is 13.3. The highest BCUT2D eigenvalue weighted by atomic mass is 35.5. The van der Waals surface area contributed by atoms with Crippen molar-refractivity contribution in [2.45, 2.75) is 29.1 Å². The molecule has 38 heavy (non-hydrogen) atoms. The van der Waals surface area contributed by atoms with E-state index in [9.17, 15) is 21.6 Å². The van der Waals surface area contributed by atoms with Gasteiger partial charge in [0.05, 0.1) is 39.1 Å². The Kier molecular flexibility index (Phi) is 6.55. The number of anilines is 2. The van der Waals surface area contributed by atoms with Gasteiger partial charge in [0.1, 0.15) is 5.84 Å². The number of piperazine rings is 1. The lowest BCUT2D eigenvalue weighted by Crippen LogP contribution is -2.57. The second-order valence-electron chi connectivity index (χ2n) is 9.26. The molecule has 2 fully saturated rings. The molecule has 1 saturated heterocycles. The van der Waals surface area contributed by atoms with Crippen LogP contribution in [0, 0.1) is 11.2 Å². The van der Waals surface area contributed by atoms with E-state index in [4.69, 9.17) is 24.9 Å². The Morgan fingerprint density at radius 2 is 1.76 bits per heavy atom. The Morgan fingerprint density at radius 1 is 1.11 bits per heavy atom. The molecule has 3 aromatic rings. The highest BCUT2D eigenvalue weighted by Crippen LogP contribution is 2.46. The van der Waals surface area contributed by atoms with E-state index in [0.717, 1.165) is 49.5 Å². The van der Waals surface area contributed by atoms with Crippen molar-refractivity contribution in [2.24, 2.45) is 0 Å². The van der Waals surface area contributed by atoms with Gasteiger partial charge in [-0.25, -0.2) is 31.6 Å². The molecule has 1 spiro atoms. The van der Waals surface area contributed by atoms with Gasteiger partial charge in [-0.05, 0) is 37.1 Å². The molecular formula is C24H21BClF3N6O2S. The van der Waals surface area contributed by atoms with Crippen LogP contribution >= 0.6 is 11.6 Å². The normalized spacial score (nSPS) is 16.9. The highest BCUT2D eigenvalue weighted by molar-refractivity contribution is 7.92. The van der Waals surface area contributed by atoms with E-state index in [1.165, 1.54) is 6.07 Å². The van der Waals surface area contributed by atoms with Crippen LogP contribution in [-0.2, 0) is 15.8 Å². The Morgan fingerprint density at radius 3 is 2.37 bits per heavy atom. The first-order chi connectivity index (χ1) is 17.9. The summed E-state index contributed by atoms with van der Waals surface area (Å²) in [6.45, 7) is 1.37. The van der Waals surface area contributed by atoms with Crippen molar-refractivity contribution < 1.29 is 21.6 Å². The fraction of sp³-hybridized carbons (Fsp3) is 0.292. The van der Waals surface area contributed by atoms with Crippen LogP contribution in [-0.4, -0.2) is 62.1 Å². The molecule has 2 radical (unpaired) electrons. The topological polar surface area (TPSA) is 102 Å². The molecule has 2 N–H and O–H groups in total. The smallest absolute Gasteiger partial charge is 0.261 e. The number of amidine groups is 1. The summed E-state index contributed by atoms with van der Waals surface area (Å²) in [6.07, 6.45) is 3.79. The van der Waals surface area contributed by atoms with Crippen LogP contribution in [0.5, 0.6) is 0 Å². The van der Waals surface area contributed by atoms with Gasteiger partial charge < -0.3 is 9.80 Å². The monoisotopic (exact) mass is 560 g/mol. The van der Waals surface area contributed by atoms with Crippen LogP contribution in [0.3, 0.4) is 0 Å². The van der Waals surface area contributed by atoms with Crippen LogP contribution in [0.4, 0.5) is 24.8 Å². The Hall–Kier alpha value is -3.32. The molecule has 8 nitrogen and oxygen atoms in total. The third-order valence-electron chi connectivity index (χ3n) is 6.68. The molecule has 1 aliphatic heterocycles. The maximum Gasteiger partial charge on any atom is 0.261 e. The van der Waals surface area contributed by atoms with Gasteiger partial charge in [-0.1, -0.05) is 29.8 Å². The van der Waals surface area contributed by atoms with Crippen molar-refractivity contribution in [2.75, 3.05) is 29.3 Å². The minimum atomic E-state index is -4.21. The standard InChI is InChI=1S/C24H21BClF3N6O2S/c25-24(28,29)15-4-6-17(7-5-15)38(36,37)33-19-3-1-2-18(26)20(19)21(30)35-11-10-34(14-23(35)8-9-23)22-31-12-16(27)13-32-22/h1-7,12-13,30,33H,8-11,14H2. The first-order valence-electron chi connectivity index (χ1n) is 11.6. The van der Waals surface area contributed by atoms with Crippen LogP contribution < -0.4 is 9.62 Å². The number of nitrogens with zero attached hydrogens (tertiary/aromatic N) is 4. The summed E-state index contributed by atoms with van der Waals surface area (Å²) in [4.78, 5) is 11.7. The molecule has 1 saturated carbocycles. The Bertz CT molecular complexity index is 1480. The number of hydrogen-bond acceptors (Lipinski definition) is 6. The number of rotatable bonds is 6. The van der Waals surface area contributed by atoms with E-state index in [2.05, 4.69) is 14.7 Å². The zero-order chi connectivity index (χ0) is 27.3. The van der Waals surface area contributed by atoms with E-state index in [0.29, 0.717) is 25.6 Å². The van der Waals surface area contributed by atoms with E-state index < -0.39 is 32.8 Å². The number of hydrogen-bond donors (Lipinski definition) is 2. The minimum absolute atomic E-state index is 0.0450. The third-order valence-corrected chi connectivity index (χ3v) is 8.38. The molecule has 0 bridgehead atoms. The average molecular weight is 561 g/mol. The second kappa shape index (κ2) is 9.46. The van der Waals surface area contributed by atoms with E-state index in [1.807, 2.05) is 9.80 Å². The van der Waals surface area contributed by atoms with Gasteiger partial charge in [0.25, 0.3) is 10.0 Å². The molecule has 1 aromatic heterocycles. The van der Waals surface area contributed by atoms with E-state index in [-0.39, 0.29) is 27.0 Å². The predicted molar refractivity (Wildman–Crippen MR) is 138 cm³/mol. The predicted octanol–water partition coefficient (Wildman–Crippen LogP) is 3.97. The van der Waals surface area contributed by atoms with Gasteiger partial charge >= 0.3 is 0 Å². The van der Waals surface area contributed by atoms with E-state index in [1.54, 1.807) is 12.1 Å². The molecule has 14 heteroatoms. The number of benzene rings is 2. The molecule has 0 atom stereocenters. The second-order valence-corrected chi connectivity index (χ2v) is 11.4. The number of alkyl halides is 2. The fourth-order valence-electron chi connectivity index (χ4n) is 4.58. The summed E-state index contributed by atoms with van der Waals surface area (Å²) in [5, 5.41) is 9.19. The molecule has 1 aliphatic carbocycles. The molecule has 5 rings (SSSR count). The number of sulfonamides is 1. The summed E-state index contributed by atoms with van der Waals surface area (Å²) >= 11 is 6.48. The van der Waals surface area contributed by atoms with Gasteiger partial charge in [-0.2, -0.15) is 0 Å². The third kappa shape index (κ3) is 5.04. The van der Waals surface area contributed by atoms with Crippen LogP contribution in [0.25, 0.3) is 0 Å². The zero-order valence-electron chi connectivity index (χ0n) is 19.8. The summed E-state index contributed by atoms with van der Waals surface area (Å²) in [5.41, 5.74) is -0.649. The zero-order valence-corrected chi connectivity index (χ0v) is 21.4. The first-order valence-corrected chi connectivity index (χ1v) is 13.4. The lowest BCUT2D eigenvalue weighted by atomic mass is 9.91. The number of halogens is 4. The van der Waals surface area contributed by atoms with Crippen molar-refractivity contribution in [1.29, 1.82) is 5.41 Å². The lowest BCUT2D eigenvalue weighted by molar-refractivity contribution is 0.0941. The van der Waals surface area contributed by atoms with Gasteiger partial charge in [0.15, 0.2) is 13.7 Å². The summed E-state index contributed by atoms with van der Waals surface area (Å²) in [5.74, 6) is -3.69. The molecule has 2 heterocycles. The number of nitrogens with one attached hydrogen (secondary N) is 2. The molecule has 196 valence electrons. The summed E-state index contributed by atoms with van der Waals surface area (Å²) < 4.78 is 68.6. The van der Waals surface area contributed by atoms with Crippen molar-refractivity contribution in [3.63, 3.8) is 0 Å². The lowest BCUT2D eigenvalue weighted by Gasteiger charge is -2.43. The summed E-state index contributed by atoms with van der Waals surface area (Å²) in [7, 11) is 0.583. The van der Waals surface area contributed by atoms with Gasteiger partial charge in [-0.3, -0.25) is 10.1 Å². The van der Waals surface area contributed by atoms with Crippen molar-refractivity contribution in [3.05, 3.63) is 76.8 Å². The van der Waals surface area contributed by atoms with Crippen LogP contribution in [0.1, 0.15) is 24.0 Å². The molecule has 2 aromatic carbocycles. The quantitative estimate of drug-likeness (QED) is 0.269. The number of aromatic nitrogens is 2. The average Bonchev–Trinajstić information content (AvgIpc) is 3.62. The Labute approximate surface area is 223 Å². The molecule has 0 amide bonds. The van der Waals surface area contributed by atoms with Crippen LogP contribution in [0.2, 0.25) is 5.02 Å². The summed E-state index contributed by atoms with van der Waals surface area (Å²) in [6, 6.07) is 8.54. The van der Waals surface area contributed by atoms with Crippen LogP contribution in [0.15, 0.2) is 59.8 Å². The van der Waals surface area contributed by atoms with Gasteiger partial charge in [-0.15, -0.1) is 0 Å². The fourth-order valence-corrected chi connectivity index (χ4v) is 5.92. The van der Waals surface area contributed by atoms with Gasteiger partial charge in [0, 0.05) is 25.2 Å². The maximum atomic E-state index is 13.3. The molecule has 2 aliphatic rings.